The van der Waals surface area contributed by atoms with Crippen molar-refractivity contribution in [3.8, 4) is 0 Å². The molecule has 94 valence electrons. The molecule has 1 heterocycles. The third-order valence-corrected chi connectivity index (χ3v) is 2.45. The van der Waals surface area contributed by atoms with Gasteiger partial charge in [-0.05, 0) is 19.8 Å². The number of aryl methyl sites for hydroxylation is 1. The van der Waals surface area contributed by atoms with Gasteiger partial charge in [0.05, 0.1) is 12.5 Å². The van der Waals surface area contributed by atoms with Gasteiger partial charge in [0.15, 0.2) is 0 Å². The molecule has 1 unspecified atom stereocenters. The number of carbonyl (C=O) groups excluding carboxylic acids is 1. The van der Waals surface area contributed by atoms with E-state index in [4.69, 9.17) is 5.11 Å². The first-order chi connectivity index (χ1) is 8.00. The van der Waals surface area contributed by atoms with E-state index in [1.807, 2.05) is 6.92 Å². The smallest absolute Gasteiger partial charge is 0.303 e. The van der Waals surface area contributed by atoms with Crippen LogP contribution < -0.4 is 5.32 Å². The number of carboxylic acids is 1. The topological polar surface area (TPSA) is 84.2 Å². The van der Waals surface area contributed by atoms with Crippen molar-refractivity contribution in [3.63, 3.8) is 0 Å². The summed E-state index contributed by atoms with van der Waals surface area (Å²) in [5.74, 6) is -0.997. The third-order valence-electron chi connectivity index (χ3n) is 2.45. The van der Waals surface area contributed by atoms with Crippen LogP contribution in [0.1, 0.15) is 36.7 Å². The predicted molar refractivity (Wildman–Crippen MR) is 61.6 cm³/mol. The molecular weight excluding hydrogens is 222 g/mol. The summed E-state index contributed by atoms with van der Waals surface area (Å²) in [6.07, 6.45) is 4.40. The Morgan fingerprint density at radius 3 is 2.82 bits per heavy atom. The number of nitrogens with zero attached hydrogens (tertiary/aromatic N) is 2. The molecule has 0 saturated carbocycles. The molecule has 1 rings (SSSR count). The fourth-order valence-electron chi connectivity index (χ4n) is 1.51. The zero-order chi connectivity index (χ0) is 12.8. The van der Waals surface area contributed by atoms with E-state index in [0.29, 0.717) is 18.5 Å². The van der Waals surface area contributed by atoms with Gasteiger partial charge in [-0.3, -0.25) is 9.59 Å². The number of hydrogen-bond acceptors (Lipinski definition) is 3. The van der Waals surface area contributed by atoms with Crippen molar-refractivity contribution in [2.45, 2.75) is 32.2 Å². The van der Waals surface area contributed by atoms with Gasteiger partial charge < -0.3 is 15.0 Å². The minimum Gasteiger partial charge on any atom is -0.481 e. The van der Waals surface area contributed by atoms with Crippen LogP contribution in [0.3, 0.4) is 0 Å². The van der Waals surface area contributed by atoms with Gasteiger partial charge in [-0.2, -0.15) is 0 Å². The molecule has 0 bridgehead atoms. The number of carboxylic acid groups (broad SMARTS) is 1. The molecule has 17 heavy (non-hydrogen) atoms. The summed E-state index contributed by atoms with van der Waals surface area (Å²) in [5, 5.41) is 11.3. The van der Waals surface area contributed by atoms with E-state index in [-0.39, 0.29) is 18.4 Å². The Balaban J connectivity index is 2.36. The van der Waals surface area contributed by atoms with Gasteiger partial charge in [0.2, 0.25) is 0 Å². The minimum absolute atomic E-state index is 0.0447. The van der Waals surface area contributed by atoms with E-state index in [0.717, 1.165) is 0 Å². The van der Waals surface area contributed by atoms with Crippen molar-refractivity contribution < 1.29 is 14.7 Å². The van der Waals surface area contributed by atoms with Gasteiger partial charge in [0, 0.05) is 19.5 Å². The number of aromatic nitrogens is 2. The second-order valence-electron chi connectivity index (χ2n) is 4.05. The summed E-state index contributed by atoms with van der Waals surface area (Å²) in [4.78, 5) is 25.9. The molecule has 1 aromatic heterocycles. The van der Waals surface area contributed by atoms with Crippen LogP contribution in [0.25, 0.3) is 0 Å². The van der Waals surface area contributed by atoms with Gasteiger partial charge in [-0.25, -0.2) is 4.98 Å². The first kappa shape index (κ1) is 13.2. The van der Waals surface area contributed by atoms with Gasteiger partial charge in [0.1, 0.15) is 5.69 Å². The lowest BCUT2D eigenvalue weighted by Gasteiger charge is -2.13. The van der Waals surface area contributed by atoms with E-state index < -0.39 is 5.97 Å². The van der Waals surface area contributed by atoms with Gasteiger partial charge in [-0.1, -0.05) is 0 Å². The van der Waals surface area contributed by atoms with Crippen molar-refractivity contribution in [2.24, 2.45) is 7.05 Å². The molecule has 0 spiro atoms. The number of rotatable bonds is 6. The summed E-state index contributed by atoms with van der Waals surface area (Å²) >= 11 is 0. The number of carbonyl (C=O) groups is 2. The number of hydrogen-bond donors (Lipinski definition) is 2. The Labute approximate surface area is 99.7 Å². The first-order valence-electron chi connectivity index (χ1n) is 5.49. The summed E-state index contributed by atoms with van der Waals surface area (Å²) in [5.41, 5.74) is 0.495. The lowest BCUT2D eigenvalue weighted by Crippen LogP contribution is -2.33. The summed E-state index contributed by atoms with van der Waals surface area (Å²) in [6, 6.07) is -0.0447. The maximum atomic E-state index is 11.7. The van der Waals surface area contributed by atoms with Crippen LogP contribution in [-0.2, 0) is 11.8 Å². The highest BCUT2D eigenvalue weighted by molar-refractivity contribution is 5.92. The maximum Gasteiger partial charge on any atom is 0.303 e. The second-order valence-corrected chi connectivity index (χ2v) is 4.05. The van der Waals surface area contributed by atoms with Crippen LogP contribution in [0.4, 0.5) is 0 Å². The summed E-state index contributed by atoms with van der Waals surface area (Å²) in [6.45, 7) is 1.86. The van der Waals surface area contributed by atoms with Gasteiger partial charge >= 0.3 is 5.97 Å². The highest BCUT2D eigenvalue weighted by Crippen LogP contribution is 2.03. The van der Waals surface area contributed by atoms with Crippen molar-refractivity contribution in [3.05, 3.63) is 18.2 Å². The molecule has 2 N–H and O–H groups in total. The molecular formula is C11H17N3O3. The monoisotopic (exact) mass is 239 g/mol. The molecule has 1 atom stereocenters. The van der Waals surface area contributed by atoms with Gasteiger partial charge in [0.25, 0.3) is 5.91 Å². The molecule has 6 heteroatoms. The van der Waals surface area contributed by atoms with Crippen LogP contribution in [0.5, 0.6) is 0 Å². The second kappa shape index (κ2) is 6.03. The molecule has 0 aliphatic carbocycles. The van der Waals surface area contributed by atoms with Crippen molar-refractivity contribution in [1.82, 2.24) is 14.9 Å². The van der Waals surface area contributed by atoms with Crippen LogP contribution in [0.2, 0.25) is 0 Å². The summed E-state index contributed by atoms with van der Waals surface area (Å²) in [7, 11) is 1.75. The number of amides is 1. The molecule has 0 saturated heterocycles. The Bertz CT molecular complexity index is 400. The van der Waals surface area contributed by atoms with Crippen LogP contribution in [0, 0.1) is 0 Å². The summed E-state index contributed by atoms with van der Waals surface area (Å²) < 4.78 is 1.64. The van der Waals surface area contributed by atoms with Crippen LogP contribution >= 0.6 is 0 Å². The molecule has 1 amide bonds. The molecule has 1 aromatic rings. The average molecular weight is 239 g/mol. The SMILES string of the molecule is CC(CCCC(=O)O)NC(=O)c1cncn1C. The highest BCUT2D eigenvalue weighted by Gasteiger charge is 2.12. The van der Waals surface area contributed by atoms with E-state index in [9.17, 15) is 9.59 Å². The van der Waals surface area contributed by atoms with E-state index in [1.165, 1.54) is 6.20 Å². The van der Waals surface area contributed by atoms with E-state index >= 15 is 0 Å². The van der Waals surface area contributed by atoms with Crippen LogP contribution in [0.15, 0.2) is 12.5 Å². The first-order valence-corrected chi connectivity index (χ1v) is 5.49. The van der Waals surface area contributed by atoms with Crippen LogP contribution in [-0.4, -0.2) is 32.6 Å². The van der Waals surface area contributed by atoms with Gasteiger partial charge in [-0.15, -0.1) is 0 Å². The lowest BCUT2D eigenvalue weighted by molar-refractivity contribution is -0.137. The quantitative estimate of drug-likeness (QED) is 0.768. The van der Waals surface area contributed by atoms with E-state index in [1.54, 1.807) is 17.9 Å². The fourth-order valence-corrected chi connectivity index (χ4v) is 1.51. The molecule has 0 radical (unpaired) electrons. The zero-order valence-electron chi connectivity index (χ0n) is 10.0. The Morgan fingerprint density at radius 2 is 2.29 bits per heavy atom. The predicted octanol–water partition coefficient (Wildman–Crippen LogP) is 0.793. The minimum atomic E-state index is -0.810. The fraction of sp³-hybridized carbons (Fsp3) is 0.545. The zero-order valence-corrected chi connectivity index (χ0v) is 10.0. The molecule has 0 aromatic carbocycles. The average Bonchev–Trinajstić information content (AvgIpc) is 2.63. The molecule has 0 aliphatic heterocycles. The van der Waals surface area contributed by atoms with Crippen molar-refractivity contribution in [2.75, 3.05) is 0 Å². The maximum absolute atomic E-state index is 11.7. The van der Waals surface area contributed by atoms with Crippen molar-refractivity contribution >= 4 is 11.9 Å². The highest BCUT2D eigenvalue weighted by atomic mass is 16.4. The Hall–Kier alpha value is -1.85. The molecule has 0 aliphatic rings. The molecule has 0 fully saturated rings. The third kappa shape index (κ3) is 4.26. The number of imidazole rings is 1. The Morgan fingerprint density at radius 1 is 1.59 bits per heavy atom. The lowest BCUT2D eigenvalue weighted by atomic mass is 10.1. The molecule has 6 nitrogen and oxygen atoms in total. The largest absolute Gasteiger partial charge is 0.481 e. The Kier molecular flexibility index (Phi) is 4.68. The van der Waals surface area contributed by atoms with E-state index in [2.05, 4.69) is 10.3 Å². The van der Waals surface area contributed by atoms with Crippen molar-refractivity contribution in [1.29, 1.82) is 0 Å². The standard InChI is InChI=1S/C11H17N3O3/c1-8(4-3-5-10(15)16)13-11(17)9-6-12-7-14(9)2/h6-8H,3-5H2,1-2H3,(H,13,17)(H,15,16). The normalized spacial score (nSPS) is 12.1. The number of aliphatic carboxylic acids is 1. The number of nitrogens with one attached hydrogen (secondary N) is 1.